The highest BCUT2D eigenvalue weighted by molar-refractivity contribution is 9.10. The van der Waals surface area contributed by atoms with Crippen LogP contribution in [-0.2, 0) is 4.79 Å². The van der Waals surface area contributed by atoms with Gasteiger partial charge in [0.25, 0.3) is 0 Å². The van der Waals surface area contributed by atoms with Crippen LogP contribution in [0.1, 0.15) is 18.1 Å². The average molecular weight is 239 g/mol. The van der Waals surface area contributed by atoms with Crippen molar-refractivity contribution in [2.45, 2.75) is 13.8 Å². The van der Waals surface area contributed by atoms with E-state index in [1.807, 2.05) is 31.2 Å². The predicted molar refractivity (Wildman–Crippen MR) is 58.6 cm³/mol. The summed E-state index contributed by atoms with van der Waals surface area (Å²) < 4.78 is 1.05. The summed E-state index contributed by atoms with van der Waals surface area (Å²) in [5, 5.41) is 0. The smallest absolute Gasteiger partial charge is 0.152 e. The van der Waals surface area contributed by atoms with Gasteiger partial charge in [-0.2, -0.15) is 0 Å². The lowest BCUT2D eigenvalue weighted by atomic mass is 10.1. The van der Waals surface area contributed by atoms with Crippen molar-refractivity contribution in [1.29, 1.82) is 0 Å². The van der Waals surface area contributed by atoms with Gasteiger partial charge >= 0.3 is 0 Å². The molecule has 0 fully saturated rings. The van der Waals surface area contributed by atoms with Gasteiger partial charge in [-0.3, -0.25) is 4.79 Å². The van der Waals surface area contributed by atoms with Gasteiger partial charge in [0.2, 0.25) is 0 Å². The van der Waals surface area contributed by atoms with E-state index < -0.39 is 0 Å². The number of rotatable bonds is 2. The summed E-state index contributed by atoms with van der Waals surface area (Å²) >= 11 is 3.47. The summed E-state index contributed by atoms with van der Waals surface area (Å²) in [6.07, 6.45) is 3.39. The summed E-state index contributed by atoms with van der Waals surface area (Å²) in [6, 6.07) is 5.96. The molecule has 0 unspecified atom stereocenters. The van der Waals surface area contributed by atoms with Crippen LogP contribution in [0.25, 0.3) is 6.08 Å². The molecule has 0 aliphatic carbocycles. The Morgan fingerprint density at radius 2 is 2.15 bits per heavy atom. The maximum Gasteiger partial charge on any atom is 0.152 e. The molecule has 0 amide bonds. The first kappa shape index (κ1) is 10.2. The second-order valence-electron chi connectivity index (χ2n) is 2.92. The van der Waals surface area contributed by atoms with E-state index in [0.717, 1.165) is 10.0 Å². The number of halogens is 1. The molecule has 0 heterocycles. The maximum atomic E-state index is 10.7. The minimum absolute atomic E-state index is 0.0633. The molecule has 0 saturated carbocycles. The lowest BCUT2D eigenvalue weighted by Gasteiger charge is -2.00. The van der Waals surface area contributed by atoms with Crippen LogP contribution in [0.5, 0.6) is 0 Å². The fourth-order valence-corrected chi connectivity index (χ4v) is 1.40. The molecule has 1 aromatic carbocycles. The number of hydrogen-bond acceptors (Lipinski definition) is 1. The molecule has 0 aliphatic heterocycles. The molecule has 1 rings (SSSR count). The van der Waals surface area contributed by atoms with Crippen LogP contribution in [0.4, 0.5) is 0 Å². The number of benzene rings is 1. The number of allylic oxidation sites excluding steroid dienone is 1. The molecule has 0 bridgehead atoms. The lowest BCUT2D eigenvalue weighted by Crippen LogP contribution is -1.83. The first-order valence-electron chi connectivity index (χ1n) is 4.05. The molecule has 0 N–H and O–H groups in total. The van der Waals surface area contributed by atoms with Crippen LogP contribution in [-0.4, -0.2) is 5.78 Å². The van der Waals surface area contributed by atoms with E-state index >= 15 is 0 Å². The Bertz CT molecular complexity index is 353. The van der Waals surface area contributed by atoms with Crippen molar-refractivity contribution in [3.8, 4) is 0 Å². The van der Waals surface area contributed by atoms with Crippen molar-refractivity contribution in [1.82, 2.24) is 0 Å². The summed E-state index contributed by atoms with van der Waals surface area (Å²) in [5.41, 5.74) is 2.21. The summed E-state index contributed by atoms with van der Waals surface area (Å²) in [7, 11) is 0. The van der Waals surface area contributed by atoms with Crippen LogP contribution < -0.4 is 0 Å². The second kappa shape index (κ2) is 4.38. The van der Waals surface area contributed by atoms with Crippen LogP contribution in [0.3, 0.4) is 0 Å². The second-order valence-corrected chi connectivity index (χ2v) is 3.72. The fourth-order valence-electron chi connectivity index (χ4n) is 1.01. The molecule has 0 aliphatic rings. The van der Waals surface area contributed by atoms with Gasteiger partial charge in [0, 0.05) is 4.47 Å². The zero-order chi connectivity index (χ0) is 9.84. The SMILES string of the molecule is CC(=O)/C=C/c1cccc(C)c1Br. The average Bonchev–Trinajstić information content (AvgIpc) is 2.07. The minimum Gasteiger partial charge on any atom is -0.295 e. The van der Waals surface area contributed by atoms with Gasteiger partial charge in [0.15, 0.2) is 5.78 Å². The van der Waals surface area contributed by atoms with Gasteiger partial charge in [-0.15, -0.1) is 0 Å². The molecule has 68 valence electrons. The number of aryl methyl sites for hydroxylation is 1. The molecule has 0 radical (unpaired) electrons. The van der Waals surface area contributed by atoms with Gasteiger partial charge in [-0.1, -0.05) is 24.3 Å². The molecule has 0 saturated heterocycles. The van der Waals surface area contributed by atoms with Crippen molar-refractivity contribution in [3.05, 3.63) is 39.9 Å². The molecule has 13 heavy (non-hydrogen) atoms. The van der Waals surface area contributed by atoms with Gasteiger partial charge < -0.3 is 0 Å². The highest BCUT2D eigenvalue weighted by Crippen LogP contribution is 2.21. The molecule has 0 atom stereocenters. The zero-order valence-electron chi connectivity index (χ0n) is 7.67. The Morgan fingerprint density at radius 3 is 2.77 bits per heavy atom. The Balaban J connectivity index is 3.02. The highest BCUT2D eigenvalue weighted by atomic mass is 79.9. The van der Waals surface area contributed by atoms with E-state index in [1.165, 1.54) is 5.56 Å². The molecule has 1 nitrogen and oxygen atoms in total. The van der Waals surface area contributed by atoms with Crippen molar-refractivity contribution in [2.75, 3.05) is 0 Å². The van der Waals surface area contributed by atoms with Crippen LogP contribution in [0.2, 0.25) is 0 Å². The molecule has 0 aromatic heterocycles. The first-order valence-corrected chi connectivity index (χ1v) is 4.84. The Labute approximate surface area is 86.6 Å². The standard InChI is InChI=1S/C11H11BrO/c1-8-4-3-5-10(11(8)12)7-6-9(2)13/h3-7H,1-2H3/b7-6+. The summed E-state index contributed by atoms with van der Waals surface area (Å²) in [4.78, 5) is 10.7. The Kier molecular flexibility index (Phi) is 3.43. The van der Waals surface area contributed by atoms with E-state index in [4.69, 9.17) is 0 Å². The topological polar surface area (TPSA) is 17.1 Å². The van der Waals surface area contributed by atoms with Crippen LogP contribution >= 0.6 is 15.9 Å². The predicted octanol–water partition coefficient (Wildman–Crippen LogP) is 3.36. The van der Waals surface area contributed by atoms with Crippen LogP contribution in [0.15, 0.2) is 28.7 Å². The third-order valence-corrected chi connectivity index (χ3v) is 2.80. The van der Waals surface area contributed by atoms with Crippen molar-refractivity contribution < 1.29 is 4.79 Å². The summed E-state index contributed by atoms with van der Waals surface area (Å²) in [6.45, 7) is 3.56. The number of carbonyl (C=O) groups is 1. The van der Waals surface area contributed by atoms with E-state index in [-0.39, 0.29) is 5.78 Å². The van der Waals surface area contributed by atoms with E-state index in [9.17, 15) is 4.79 Å². The molecule has 0 spiro atoms. The first-order chi connectivity index (χ1) is 6.11. The molecule has 1 aromatic rings. The van der Waals surface area contributed by atoms with Gasteiger partial charge in [-0.05, 0) is 47.0 Å². The third kappa shape index (κ3) is 2.81. The van der Waals surface area contributed by atoms with Gasteiger partial charge in [0.1, 0.15) is 0 Å². The quantitative estimate of drug-likeness (QED) is 0.723. The largest absolute Gasteiger partial charge is 0.295 e. The number of ketones is 1. The lowest BCUT2D eigenvalue weighted by molar-refractivity contribution is -0.112. The third-order valence-electron chi connectivity index (χ3n) is 1.72. The van der Waals surface area contributed by atoms with Crippen molar-refractivity contribution in [2.24, 2.45) is 0 Å². The number of hydrogen-bond donors (Lipinski definition) is 0. The molecule has 2 heteroatoms. The van der Waals surface area contributed by atoms with E-state index in [0.29, 0.717) is 0 Å². The Hall–Kier alpha value is -0.890. The maximum absolute atomic E-state index is 10.7. The zero-order valence-corrected chi connectivity index (χ0v) is 9.26. The molecular formula is C11H11BrO. The van der Waals surface area contributed by atoms with E-state index in [2.05, 4.69) is 15.9 Å². The van der Waals surface area contributed by atoms with Crippen molar-refractivity contribution >= 4 is 27.8 Å². The van der Waals surface area contributed by atoms with Crippen LogP contribution in [0, 0.1) is 6.92 Å². The monoisotopic (exact) mass is 238 g/mol. The number of carbonyl (C=O) groups excluding carboxylic acids is 1. The van der Waals surface area contributed by atoms with Gasteiger partial charge in [-0.25, -0.2) is 0 Å². The normalized spacial score (nSPS) is 10.7. The Morgan fingerprint density at radius 1 is 1.46 bits per heavy atom. The highest BCUT2D eigenvalue weighted by Gasteiger charge is 1.97. The minimum atomic E-state index is 0.0633. The van der Waals surface area contributed by atoms with Gasteiger partial charge in [0.05, 0.1) is 0 Å². The fraction of sp³-hybridized carbons (Fsp3) is 0.182. The molecular weight excluding hydrogens is 228 g/mol. The van der Waals surface area contributed by atoms with E-state index in [1.54, 1.807) is 13.0 Å². The van der Waals surface area contributed by atoms with Crippen molar-refractivity contribution in [3.63, 3.8) is 0 Å². The summed E-state index contributed by atoms with van der Waals surface area (Å²) in [5.74, 6) is 0.0633.